The average Bonchev–Trinajstić information content (AvgIpc) is 3.26. The molecule has 0 bridgehead atoms. The number of benzene rings is 2. The van der Waals surface area contributed by atoms with Gasteiger partial charge in [-0.25, -0.2) is 0 Å². The van der Waals surface area contributed by atoms with Crippen molar-refractivity contribution in [3.63, 3.8) is 0 Å². The predicted octanol–water partition coefficient (Wildman–Crippen LogP) is 2.16. The van der Waals surface area contributed by atoms with Crippen molar-refractivity contribution in [3.05, 3.63) is 48.5 Å². The number of likely N-dealkylation sites (N-methyl/N-ethyl adjacent to an activating group) is 1. The number of carbonyl (C=O) groups is 3. The topological polar surface area (TPSA) is 94.2 Å². The standard InChI is InChI=1S/C25H31N5O4/c1-28(17-23(31)26-19-7-9-21(10-8-19)29-12-14-34-15-13-29)18-24(32)27-20-4-2-5-22(16-20)30-11-3-6-25(30)33/h2,4-5,7-10,16H,3,6,11-15,17-18H2,1H3,(H,26,31)(H,27,32). The fourth-order valence-electron chi connectivity index (χ4n) is 4.20. The quantitative estimate of drug-likeness (QED) is 0.621. The summed E-state index contributed by atoms with van der Waals surface area (Å²) in [5, 5.41) is 5.72. The van der Waals surface area contributed by atoms with Crippen molar-refractivity contribution in [2.45, 2.75) is 12.8 Å². The van der Waals surface area contributed by atoms with E-state index in [0.717, 1.165) is 44.1 Å². The summed E-state index contributed by atoms with van der Waals surface area (Å²) in [5.41, 5.74) is 3.23. The van der Waals surface area contributed by atoms with Crippen LogP contribution in [0.1, 0.15) is 12.8 Å². The summed E-state index contributed by atoms with van der Waals surface area (Å²) in [5.74, 6) is -0.316. The Bertz CT molecular complexity index is 1020. The molecule has 34 heavy (non-hydrogen) atoms. The maximum absolute atomic E-state index is 12.5. The van der Waals surface area contributed by atoms with Crippen LogP contribution in [0.2, 0.25) is 0 Å². The van der Waals surface area contributed by atoms with Gasteiger partial charge in [-0.3, -0.25) is 19.3 Å². The van der Waals surface area contributed by atoms with Crippen molar-refractivity contribution in [1.82, 2.24) is 4.90 Å². The number of carbonyl (C=O) groups excluding carboxylic acids is 3. The van der Waals surface area contributed by atoms with Gasteiger partial charge in [-0.15, -0.1) is 0 Å². The summed E-state index contributed by atoms with van der Waals surface area (Å²) in [6.07, 6.45) is 1.40. The first-order valence-corrected chi connectivity index (χ1v) is 11.6. The Labute approximate surface area is 199 Å². The summed E-state index contributed by atoms with van der Waals surface area (Å²) in [6, 6.07) is 15.0. The zero-order chi connectivity index (χ0) is 23.9. The zero-order valence-electron chi connectivity index (χ0n) is 19.5. The van der Waals surface area contributed by atoms with Crippen LogP contribution in [0.4, 0.5) is 22.7 Å². The lowest BCUT2D eigenvalue weighted by atomic mass is 10.2. The number of rotatable bonds is 8. The highest BCUT2D eigenvalue weighted by Crippen LogP contribution is 2.24. The van der Waals surface area contributed by atoms with Gasteiger partial charge in [0, 0.05) is 48.8 Å². The Morgan fingerprint density at radius 2 is 1.59 bits per heavy atom. The molecule has 9 nitrogen and oxygen atoms in total. The number of nitrogens with one attached hydrogen (secondary N) is 2. The lowest BCUT2D eigenvalue weighted by molar-refractivity contribution is -0.119. The van der Waals surface area contributed by atoms with E-state index in [4.69, 9.17) is 4.74 Å². The van der Waals surface area contributed by atoms with Gasteiger partial charge in [0.05, 0.1) is 26.3 Å². The first kappa shape index (κ1) is 23.7. The van der Waals surface area contributed by atoms with Crippen LogP contribution in [-0.2, 0) is 19.1 Å². The third kappa shape index (κ3) is 6.33. The molecule has 180 valence electrons. The fraction of sp³-hybridized carbons (Fsp3) is 0.400. The molecule has 0 aromatic heterocycles. The van der Waals surface area contributed by atoms with Crippen molar-refractivity contribution in [2.24, 2.45) is 0 Å². The molecule has 0 saturated carbocycles. The van der Waals surface area contributed by atoms with Crippen molar-refractivity contribution >= 4 is 40.5 Å². The molecular formula is C25H31N5O4. The molecule has 4 rings (SSSR count). The zero-order valence-corrected chi connectivity index (χ0v) is 19.5. The van der Waals surface area contributed by atoms with Crippen molar-refractivity contribution < 1.29 is 19.1 Å². The van der Waals surface area contributed by atoms with Crippen LogP contribution in [0, 0.1) is 0 Å². The molecular weight excluding hydrogens is 434 g/mol. The van der Waals surface area contributed by atoms with E-state index in [2.05, 4.69) is 15.5 Å². The van der Waals surface area contributed by atoms with E-state index >= 15 is 0 Å². The largest absolute Gasteiger partial charge is 0.378 e. The molecule has 0 unspecified atom stereocenters. The van der Waals surface area contributed by atoms with Crippen molar-refractivity contribution in [3.8, 4) is 0 Å². The van der Waals surface area contributed by atoms with Crippen LogP contribution in [0.15, 0.2) is 48.5 Å². The van der Waals surface area contributed by atoms with Crippen LogP contribution in [0.25, 0.3) is 0 Å². The molecule has 2 aromatic carbocycles. The van der Waals surface area contributed by atoms with Gasteiger partial charge in [-0.1, -0.05) is 6.07 Å². The molecule has 2 aromatic rings. The van der Waals surface area contributed by atoms with Crippen LogP contribution >= 0.6 is 0 Å². The highest BCUT2D eigenvalue weighted by atomic mass is 16.5. The molecule has 3 amide bonds. The van der Waals surface area contributed by atoms with Crippen molar-refractivity contribution in [2.75, 3.05) is 73.4 Å². The first-order chi connectivity index (χ1) is 16.5. The number of nitrogens with zero attached hydrogens (tertiary/aromatic N) is 3. The van der Waals surface area contributed by atoms with E-state index in [1.165, 1.54) is 0 Å². The van der Waals surface area contributed by atoms with Crippen LogP contribution < -0.4 is 20.4 Å². The minimum atomic E-state index is -0.227. The van der Waals surface area contributed by atoms with Gasteiger partial charge in [0.2, 0.25) is 17.7 Å². The summed E-state index contributed by atoms with van der Waals surface area (Å²) in [6.45, 7) is 4.02. The van der Waals surface area contributed by atoms with E-state index in [1.807, 2.05) is 36.4 Å². The lowest BCUT2D eigenvalue weighted by Crippen LogP contribution is -2.36. The van der Waals surface area contributed by atoms with Gasteiger partial charge in [-0.2, -0.15) is 0 Å². The normalized spacial score (nSPS) is 16.1. The van der Waals surface area contributed by atoms with E-state index in [1.54, 1.807) is 29.0 Å². The molecule has 0 spiro atoms. The number of hydrogen-bond donors (Lipinski definition) is 2. The number of morpholine rings is 1. The summed E-state index contributed by atoms with van der Waals surface area (Å²) < 4.78 is 5.38. The Balaban J connectivity index is 1.23. The summed E-state index contributed by atoms with van der Waals surface area (Å²) in [7, 11) is 1.72. The molecule has 2 aliphatic rings. The molecule has 0 aliphatic carbocycles. The minimum absolute atomic E-state index is 0.0657. The van der Waals surface area contributed by atoms with E-state index in [9.17, 15) is 14.4 Å². The maximum atomic E-state index is 12.5. The summed E-state index contributed by atoms with van der Waals surface area (Å²) >= 11 is 0. The summed E-state index contributed by atoms with van der Waals surface area (Å²) in [4.78, 5) is 42.5. The van der Waals surface area contributed by atoms with Crippen LogP contribution in [0.3, 0.4) is 0 Å². The highest BCUT2D eigenvalue weighted by Gasteiger charge is 2.22. The number of hydrogen-bond acceptors (Lipinski definition) is 6. The highest BCUT2D eigenvalue weighted by molar-refractivity contribution is 5.97. The monoisotopic (exact) mass is 465 g/mol. The Hall–Kier alpha value is -3.43. The van der Waals surface area contributed by atoms with Gasteiger partial charge in [0.25, 0.3) is 0 Å². The first-order valence-electron chi connectivity index (χ1n) is 11.6. The van der Waals surface area contributed by atoms with Gasteiger partial charge >= 0.3 is 0 Å². The van der Waals surface area contributed by atoms with Crippen LogP contribution in [-0.4, -0.2) is 75.6 Å². The molecule has 0 atom stereocenters. The third-order valence-electron chi connectivity index (χ3n) is 5.87. The maximum Gasteiger partial charge on any atom is 0.238 e. The number of amides is 3. The van der Waals surface area contributed by atoms with Gasteiger partial charge in [-0.05, 0) is 55.9 Å². The Morgan fingerprint density at radius 1 is 0.912 bits per heavy atom. The lowest BCUT2D eigenvalue weighted by Gasteiger charge is -2.28. The second-order valence-electron chi connectivity index (χ2n) is 8.61. The average molecular weight is 466 g/mol. The minimum Gasteiger partial charge on any atom is -0.378 e. The smallest absolute Gasteiger partial charge is 0.238 e. The van der Waals surface area contributed by atoms with E-state index < -0.39 is 0 Å². The number of anilines is 4. The Kier molecular flexibility index (Phi) is 7.76. The molecule has 2 fully saturated rings. The molecule has 2 saturated heterocycles. The third-order valence-corrected chi connectivity index (χ3v) is 5.87. The molecule has 9 heteroatoms. The van der Waals surface area contributed by atoms with Crippen LogP contribution in [0.5, 0.6) is 0 Å². The van der Waals surface area contributed by atoms with Gasteiger partial charge in [0.1, 0.15) is 0 Å². The molecule has 2 aliphatic heterocycles. The second-order valence-corrected chi connectivity index (χ2v) is 8.61. The van der Waals surface area contributed by atoms with Crippen molar-refractivity contribution in [1.29, 1.82) is 0 Å². The van der Waals surface area contributed by atoms with Gasteiger partial charge < -0.3 is 25.2 Å². The SMILES string of the molecule is CN(CC(=O)Nc1ccc(N2CCOCC2)cc1)CC(=O)Nc1cccc(N2CCCC2=O)c1. The second kappa shape index (κ2) is 11.1. The predicted molar refractivity (Wildman–Crippen MR) is 132 cm³/mol. The van der Waals surface area contributed by atoms with Gasteiger partial charge in [0.15, 0.2) is 0 Å². The Morgan fingerprint density at radius 3 is 2.24 bits per heavy atom. The van der Waals surface area contributed by atoms with E-state index in [0.29, 0.717) is 24.3 Å². The fourth-order valence-corrected chi connectivity index (χ4v) is 4.20. The van der Waals surface area contributed by atoms with E-state index in [-0.39, 0.29) is 30.8 Å². The molecule has 2 heterocycles. The molecule has 2 N–H and O–H groups in total. The molecule has 0 radical (unpaired) electrons. The number of ether oxygens (including phenoxy) is 1.